The molecule has 0 saturated heterocycles. The quantitative estimate of drug-likeness (QED) is 0.556. The first kappa shape index (κ1) is 7.92. The van der Waals surface area contributed by atoms with Gasteiger partial charge in [0.05, 0.1) is 0 Å². The highest BCUT2D eigenvalue weighted by atomic mass is 16.6. The van der Waals surface area contributed by atoms with Crippen LogP contribution >= 0.6 is 0 Å². The lowest BCUT2D eigenvalue weighted by molar-refractivity contribution is -0.0985. The minimum Gasteiger partial charge on any atom is -0.368 e. The summed E-state index contributed by atoms with van der Waals surface area (Å²) in [6.07, 6.45) is 0.786. The van der Waals surface area contributed by atoms with E-state index in [1.165, 1.54) is 0 Å². The molecule has 2 nitrogen and oxygen atoms in total. The molecule has 1 N–H and O–H groups in total. The minimum absolute atomic E-state index is 0.551. The molecule has 0 spiro atoms. The second-order valence-electron chi connectivity index (χ2n) is 1.59. The van der Waals surface area contributed by atoms with E-state index in [2.05, 4.69) is 6.92 Å². The summed E-state index contributed by atoms with van der Waals surface area (Å²) in [4.78, 5) is 0. The maximum absolute atomic E-state index is 8.74. The first-order valence-corrected chi connectivity index (χ1v) is 2.90. The maximum Gasteiger partial charge on any atom is 0.154 e. The van der Waals surface area contributed by atoms with Gasteiger partial charge >= 0.3 is 0 Å². The Kier molecular flexibility index (Phi) is 5.01. The summed E-state index contributed by atoms with van der Waals surface area (Å²) in [7, 11) is 0. The van der Waals surface area contributed by atoms with Crippen molar-refractivity contribution in [3.8, 4) is 0 Å². The molecule has 0 aromatic carbocycles. The molecule has 0 rings (SSSR count). The van der Waals surface area contributed by atoms with Crippen LogP contribution in [0.25, 0.3) is 0 Å². The number of aliphatic hydroxyl groups excluding tert-OH is 1. The summed E-state index contributed by atoms with van der Waals surface area (Å²) in [5.41, 5.74) is 0. The molecule has 2 heteroatoms. The van der Waals surface area contributed by atoms with Gasteiger partial charge in [-0.15, -0.1) is 0 Å². The Morgan fingerprint density at radius 3 is 2.75 bits per heavy atom. The van der Waals surface area contributed by atoms with Gasteiger partial charge in [0, 0.05) is 6.61 Å². The predicted molar refractivity (Wildman–Crippen MR) is 32.2 cm³/mol. The van der Waals surface area contributed by atoms with Gasteiger partial charge in [-0.05, 0) is 12.8 Å². The van der Waals surface area contributed by atoms with Gasteiger partial charge in [-0.25, -0.2) is 0 Å². The third-order valence-corrected chi connectivity index (χ3v) is 0.804. The molecule has 0 aliphatic carbocycles. The van der Waals surface area contributed by atoms with E-state index in [1.54, 1.807) is 0 Å². The fraction of sp³-hybridized carbons (Fsp3) is 0.833. The minimum atomic E-state index is -0.586. The molecule has 1 radical (unpaired) electrons. The van der Waals surface area contributed by atoms with Gasteiger partial charge < -0.3 is 9.84 Å². The van der Waals surface area contributed by atoms with Crippen LogP contribution in [0.1, 0.15) is 19.8 Å². The molecule has 49 valence electrons. The van der Waals surface area contributed by atoms with Crippen molar-refractivity contribution in [1.82, 2.24) is 0 Å². The van der Waals surface area contributed by atoms with Crippen LogP contribution in [0.15, 0.2) is 0 Å². The summed E-state index contributed by atoms with van der Waals surface area (Å²) in [6, 6.07) is 0. The van der Waals surface area contributed by atoms with Crippen molar-refractivity contribution in [2.75, 3.05) is 6.61 Å². The van der Waals surface area contributed by atoms with Crippen LogP contribution < -0.4 is 0 Å². The second kappa shape index (κ2) is 5.06. The van der Waals surface area contributed by atoms with Gasteiger partial charge in [-0.1, -0.05) is 13.8 Å². The monoisotopic (exact) mass is 117 g/mol. The van der Waals surface area contributed by atoms with Crippen LogP contribution in [0.2, 0.25) is 0 Å². The van der Waals surface area contributed by atoms with Gasteiger partial charge in [0.25, 0.3) is 0 Å². The molecular formula is C6H13O2. The molecule has 0 heterocycles. The van der Waals surface area contributed by atoms with Crippen molar-refractivity contribution in [1.29, 1.82) is 0 Å². The largest absolute Gasteiger partial charge is 0.368 e. The fourth-order valence-electron chi connectivity index (χ4n) is 0.337. The van der Waals surface area contributed by atoms with E-state index >= 15 is 0 Å². The zero-order chi connectivity index (χ0) is 6.41. The average molecular weight is 117 g/mol. The van der Waals surface area contributed by atoms with Crippen LogP contribution in [-0.2, 0) is 4.74 Å². The molecule has 0 saturated carbocycles. The van der Waals surface area contributed by atoms with Crippen molar-refractivity contribution in [2.45, 2.75) is 26.1 Å². The lowest BCUT2D eigenvalue weighted by atomic mass is 10.5. The molecule has 0 aliphatic rings. The molecule has 0 fully saturated rings. The van der Waals surface area contributed by atoms with E-state index < -0.39 is 6.29 Å². The maximum atomic E-state index is 8.74. The Labute approximate surface area is 50.5 Å². The summed E-state index contributed by atoms with van der Waals surface area (Å²) in [6.45, 7) is 5.98. The lowest BCUT2D eigenvalue weighted by Crippen LogP contribution is -2.10. The number of hydrogen-bond donors (Lipinski definition) is 1. The average Bonchev–Trinajstić information content (AvgIpc) is 1.83. The van der Waals surface area contributed by atoms with Gasteiger partial charge in [0.15, 0.2) is 6.29 Å². The predicted octanol–water partition coefficient (Wildman–Crippen LogP) is 0.956. The zero-order valence-electron chi connectivity index (χ0n) is 5.26. The summed E-state index contributed by atoms with van der Waals surface area (Å²) >= 11 is 0. The molecule has 0 aromatic heterocycles. The zero-order valence-corrected chi connectivity index (χ0v) is 5.26. The molecule has 8 heavy (non-hydrogen) atoms. The highest BCUT2D eigenvalue weighted by Crippen LogP contribution is 1.91. The van der Waals surface area contributed by atoms with Crippen molar-refractivity contribution in [3.05, 3.63) is 6.92 Å². The highest BCUT2D eigenvalue weighted by Gasteiger charge is 1.95. The van der Waals surface area contributed by atoms with Crippen molar-refractivity contribution < 1.29 is 9.84 Å². The Morgan fingerprint density at radius 1 is 1.75 bits per heavy atom. The third-order valence-electron chi connectivity index (χ3n) is 0.804. The Hall–Kier alpha value is -0.0800. The third kappa shape index (κ3) is 4.09. The van der Waals surface area contributed by atoms with Crippen molar-refractivity contribution in [3.63, 3.8) is 0 Å². The summed E-state index contributed by atoms with van der Waals surface area (Å²) in [5.74, 6) is 0. The van der Waals surface area contributed by atoms with Crippen LogP contribution in [0.4, 0.5) is 0 Å². The number of hydrogen-bond acceptors (Lipinski definition) is 2. The smallest absolute Gasteiger partial charge is 0.154 e. The van der Waals surface area contributed by atoms with E-state index in [0.717, 1.165) is 6.42 Å². The van der Waals surface area contributed by atoms with Crippen LogP contribution in [0, 0.1) is 6.92 Å². The van der Waals surface area contributed by atoms with Gasteiger partial charge in [0.1, 0.15) is 0 Å². The molecular weight excluding hydrogens is 104 g/mol. The number of aliphatic hydroxyl groups is 1. The Bertz CT molecular complexity index is 45.8. The van der Waals surface area contributed by atoms with E-state index in [4.69, 9.17) is 9.84 Å². The Morgan fingerprint density at radius 2 is 2.38 bits per heavy atom. The molecule has 0 aromatic rings. The highest BCUT2D eigenvalue weighted by molar-refractivity contribution is 4.38. The van der Waals surface area contributed by atoms with Crippen LogP contribution in [-0.4, -0.2) is 18.0 Å². The van der Waals surface area contributed by atoms with Crippen molar-refractivity contribution >= 4 is 0 Å². The van der Waals surface area contributed by atoms with Crippen molar-refractivity contribution in [2.24, 2.45) is 0 Å². The number of ether oxygens (including phenoxy) is 1. The first-order chi connectivity index (χ1) is 3.81. The van der Waals surface area contributed by atoms with Gasteiger partial charge in [-0.3, -0.25) is 0 Å². The van der Waals surface area contributed by atoms with Crippen LogP contribution in [0.3, 0.4) is 0 Å². The van der Waals surface area contributed by atoms with E-state index in [1.807, 2.05) is 6.92 Å². The molecule has 1 unspecified atom stereocenters. The SMILES string of the molecule is [CH2]CCOC(O)CC. The molecule has 1 atom stereocenters. The lowest BCUT2D eigenvalue weighted by Gasteiger charge is -2.06. The number of rotatable bonds is 4. The van der Waals surface area contributed by atoms with E-state index in [-0.39, 0.29) is 0 Å². The normalized spacial score (nSPS) is 13.9. The van der Waals surface area contributed by atoms with Gasteiger partial charge in [0.2, 0.25) is 0 Å². The fourth-order valence-corrected chi connectivity index (χ4v) is 0.337. The second-order valence-corrected chi connectivity index (χ2v) is 1.59. The van der Waals surface area contributed by atoms with Gasteiger partial charge in [-0.2, -0.15) is 0 Å². The van der Waals surface area contributed by atoms with Crippen LogP contribution in [0.5, 0.6) is 0 Å². The molecule has 0 bridgehead atoms. The Balaban J connectivity index is 2.86. The first-order valence-electron chi connectivity index (χ1n) is 2.90. The standard InChI is InChI=1S/C6H13O2/c1-3-5-8-6(7)4-2/h6-7H,1,3-5H2,2H3. The topological polar surface area (TPSA) is 29.5 Å². The summed E-state index contributed by atoms with van der Waals surface area (Å²) in [5, 5.41) is 8.74. The van der Waals surface area contributed by atoms with E-state index in [0.29, 0.717) is 13.0 Å². The molecule has 0 aliphatic heterocycles. The van der Waals surface area contributed by atoms with E-state index in [9.17, 15) is 0 Å². The molecule has 0 amide bonds. The summed E-state index contributed by atoms with van der Waals surface area (Å²) < 4.78 is 4.83.